The summed E-state index contributed by atoms with van der Waals surface area (Å²) in [5, 5.41) is 11.5. The first kappa shape index (κ1) is 21.2. The van der Waals surface area contributed by atoms with Crippen LogP contribution in [0, 0.1) is 5.92 Å². The van der Waals surface area contributed by atoms with E-state index in [4.69, 9.17) is 21.0 Å². The Hall–Kier alpha value is -3.35. The lowest BCUT2D eigenvalue weighted by atomic mass is 10.0. The molecular weight excluding hydrogens is 450 g/mol. The molecule has 6 nitrogen and oxygen atoms in total. The summed E-state index contributed by atoms with van der Waals surface area (Å²) in [7, 11) is 1.99. The predicted molar refractivity (Wildman–Crippen MR) is 134 cm³/mol. The third kappa shape index (κ3) is 3.37. The molecule has 1 saturated carbocycles. The van der Waals surface area contributed by atoms with Crippen molar-refractivity contribution in [3.63, 3.8) is 0 Å². The van der Waals surface area contributed by atoms with Gasteiger partial charge in [-0.3, -0.25) is 9.36 Å². The summed E-state index contributed by atoms with van der Waals surface area (Å²) in [6, 6.07) is 16.8. The fourth-order valence-electron chi connectivity index (χ4n) is 4.93. The van der Waals surface area contributed by atoms with E-state index in [1.165, 1.54) is 0 Å². The Labute approximate surface area is 201 Å². The van der Waals surface area contributed by atoms with Crippen LogP contribution in [0.3, 0.4) is 0 Å². The van der Waals surface area contributed by atoms with E-state index < -0.39 is 5.60 Å². The topological polar surface area (TPSA) is 73.2 Å². The van der Waals surface area contributed by atoms with Crippen LogP contribution in [-0.4, -0.2) is 24.8 Å². The number of nitrogens with zero attached hydrogens (tertiary/aromatic N) is 3. The van der Waals surface area contributed by atoms with E-state index in [9.17, 15) is 9.90 Å². The van der Waals surface area contributed by atoms with E-state index >= 15 is 0 Å². The summed E-state index contributed by atoms with van der Waals surface area (Å²) in [5.74, 6) is 2.06. The standard InChI is InChI=1S/C27H24ClN3O3/c1-27(2,33)20-13-18(20)25-29-21-9-8-17(12-22(21)30(25)3)31-11-10-23-19(26(31)32)14-24(34-23)15-4-6-16(28)7-5-15/h4-12,14,18,20,33H,13H2,1-3H3/t18-,20+/m0/s1. The van der Waals surface area contributed by atoms with Gasteiger partial charge in [0.1, 0.15) is 17.2 Å². The third-order valence-corrected chi connectivity index (χ3v) is 7.17. The number of benzene rings is 2. The number of hydrogen-bond acceptors (Lipinski definition) is 4. The van der Waals surface area contributed by atoms with Crippen molar-refractivity contribution < 1.29 is 9.52 Å². The first-order valence-corrected chi connectivity index (χ1v) is 11.7. The molecule has 1 aliphatic carbocycles. The Morgan fingerprint density at radius 2 is 1.88 bits per heavy atom. The lowest BCUT2D eigenvalue weighted by molar-refractivity contribution is 0.0542. The summed E-state index contributed by atoms with van der Waals surface area (Å²) < 4.78 is 9.65. The van der Waals surface area contributed by atoms with Gasteiger partial charge in [-0.1, -0.05) is 11.6 Å². The van der Waals surface area contributed by atoms with Gasteiger partial charge in [0.25, 0.3) is 5.56 Å². The van der Waals surface area contributed by atoms with Gasteiger partial charge in [-0.05, 0) is 80.8 Å². The van der Waals surface area contributed by atoms with Crippen molar-refractivity contribution in [3.8, 4) is 17.0 Å². The summed E-state index contributed by atoms with van der Waals surface area (Å²) in [6.07, 6.45) is 2.67. The van der Waals surface area contributed by atoms with Crippen LogP contribution < -0.4 is 5.56 Å². The van der Waals surface area contributed by atoms with Gasteiger partial charge in [0.15, 0.2) is 0 Å². The molecule has 3 heterocycles. The fraction of sp³-hybridized carbons (Fsp3) is 0.259. The molecule has 172 valence electrons. The van der Waals surface area contributed by atoms with Crippen molar-refractivity contribution in [2.45, 2.75) is 31.8 Å². The highest BCUT2D eigenvalue weighted by Gasteiger charge is 2.49. The summed E-state index contributed by atoms with van der Waals surface area (Å²) in [6.45, 7) is 3.71. The minimum Gasteiger partial charge on any atom is -0.456 e. The van der Waals surface area contributed by atoms with Crippen molar-refractivity contribution in [2.24, 2.45) is 13.0 Å². The van der Waals surface area contributed by atoms with Gasteiger partial charge < -0.3 is 14.1 Å². The van der Waals surface area contributed by atoms with Crippen molar-refractivity contribution in [2.75, 3.05) is 0 Å². The van der Waals surface area contributed by atoms with Crippen molar-refractivity contribution in [1.82, 2.24) is 14.1 Å². The van der Waals surface area contributed by atoms with E-state index in [1.54, 1.807) is 29.0 Å². The van der Waals surface area contributed by atoms with Crippen LogP contribution >= 0.6 is 11.6 Å². The van der Waals surface area contributed by atoms with E-state index in [0.29, 0.717) is 21.8 Å². The number of imidazole rings is 1. The van der Waals surface area contributed by atoms with Gasteiger partial charge in [-0.2, -0.15) is 0 Å². The minimum atomic E-state index is -0.716. The maximum Gasteiger partial charge on any atom is 0.266 e. The Bertz CT molecular complexity index is 1620. The molecule has 0 saturated heterocycles. The molecule has 2 atom stereocenters. The first-order chi connectivity index (χ1) is 16.2. The van der Waals surface area contributed by atoms with Gasteiger partial charge in [-0.15, -0.1) is 0 Å². The average molecular weight is 474 g/mol. The lowest BCUT2D eigenvalue weighted by Gasteiger charge is -2.16. The van der Waals surface area contributed by atoms with Crippen LogP contribution in [0.4, 0.5) is 0 Å². The summed E-state index contributed by atoms with van der Waals surface area (Å²) in [5.41, 5.74) is 3.14. The molecule has 6 rings (SSSR count). The Morgan fingerprint density at radius 1 is 1.12 bits per heavy atom. The molecule has 0 unspecified atom stereocenters. The first-order valence-electron chi connectivity index (χ1n) is 11.3. The van der Waals surface area contributed by atoms with E-state index in [1.807, 2.05) is 57.3 Å². The molecule has 0 spiro atoms. The highest BCUT2D eigenvalue weighted by atomic mass is 35.5. The van der Waals surface area contributed by atoms with E-state index in [2.05, 4.69) is 4.57 Å². The van der Waals surface area contributed by atoms with Gasteiger partial charge >= 0.3 is 0 Å². The number of aromatic nitrogens is 3. The van der Waals surface area contributed by atoms with Crippen LogP contribution in [0.25, 0.3) is 39.0 Å². The largest absolute Gasteiger partial charge is 0.456 e. The molecule has 5 aromatic rings. The second-order valence-electron chi connectivity index (χ2n) is 9.69. The zero-order chi connectivity index (χ0) is 23.8. The Kier molecular flexibility index (Phi) is 4.57. The van der Waals surface area contributed by atoms with Crippen molar-refractivity contribution in [1.29, 1.82) is 0 Å². The van der Waals surface area contributed by atoms with E-state index in [0.717, 1.165) is 34.5 Å². The Morgan fingerprint density at radius 3 is 2.59 bits per heavy atom. The molecule has 7 heteroatoms. The second kappa shape index (κ2) is 7.32. The van der Waals surface area contributed by atoms with Crippen molar-refractivity contribution >= 4 is 33.6 Å². The second-order valence-corrected chi connectivity index (χ2v) is 10.1. The normalized spacial score (nSPS) is 18.1. The van der Waals surface area contributed by atoms with Gasteiger partial charge in [0.05, 0.1) is 27.7 Å². The average Bonchev–Trinajstić information content (AvgIpc) is 3.39. The quantitative estimate of drug-likeness (QED) is 0.365. The molecule has 1 N–H and O–H groups in total. The van der Waals surface area contributed by atoms with E-state index in [-0.39, 0.29) is 17.4 Å². The highest BCUT2D eigenvalue weighted by molar-refractivity contribution is 6.30. The maximum absolute atomic E-state index is 13.4. The van der Waals surface area contributed by atoms with Crippen LogP contribution in [0.5, 0.6) is 0 Å². The number of hydrogen-bond donors (Lipinski definition) is 1. The van der Waals surface area contributed by atoms with Crippen LogP contribution in [-0.2, 0) is 7.05 Å². The van der Waals surface area contributed by atoms with Crippen LogP contribution in [0.1, 0.15) is 32.0 Å². The molecule has 0 amide bonds. The molecule has 1 aliphatic rings. The summed E-state index contributed by atoms with van der Waals surface area (Å²) >= 11 is 5.99. The number of aliphatic hydroxyl groups is 1. The molecule has 1 fully saturated rings. The number of fused-ring (bicyclic) bond motifs is 2. The Balaban J connectivity index is 1.40. The molecular formula is C27H24ClN3O3. The zero-order valence-electron chi connectivity index (χ0n) is 19.1. The van der Waals surface area contributed by atoms with Gasteiger partial charge in [0.2, 0.25) is 0 Å². The molecule has 0 aliphatic heterocycles. The lowest BCUT2D eigenvalue weighted by Crippen LogP contribution is -2.22. The molecule has 34 heavy (non-hydrogen) atoms. The predicted octanol–water partition coefficient (Wildman–Crippen LogP) is 5.67. The van der Waals surface area contributed by atoms with Crippen LogP contribution in [0.15, 0.2) is 70.0 Å². The molecule has 3 aromatic heterocycles. The molecule has 0 bridgehead atoms. The number of furan rings is 1. The number of rotatable bonds is 4. The third-order valence-electron chi connectivity index (χ3n) is 6.92. The summed E-state index contributed by atoms with van der Waals surface area (Å²) in [4.78, 5) is 18.2. The maximum atomic E-state index is 13.4. The molecule has 2 aromatic carbocycles. The minimum absolute atomic E-state index is 0.146. The number of pyridine rings is 1. The van der Waals surface area contributed by atoms with Gasteiger partial charge in [-0.25, -0.2) is 4.98 Å². The number of aryl methyl sites for hydroxylation is 1. The molecule has 0 radical (unpaired) electrons. The fourth-order valence-corrected chi connectivity index (χ4v) is 5.06. The van der Waals surface area contributed by atoms with Gasteiger partial charge in [0, 0.05) is 29.7 Å². The van der Waals surface area contributed by atoms with Crippen molar-refractivity contribution in [3.05, 3.63) is 82.0 Å². The zero-order valence-corrected chi connectivity index (χ0v) is 19.9. The monoisotopic (exact) mass is 473 g/mol. The SMILES string of the molecule is Cn1c([C@H]2C[C@H]2C(C)(C)O)nc2ccc(-n3ccc4oc(-c5ccc(Cl)cc5)cc4c3=O)cc21. The number of halogens is 1. The highest BCUT2D eigenvalue weighted by Crippen LogP contribution is 2.53. The smallest absolute Gasteiger partial charge is 0.266 e. The van der Waals surface area contributed by atoms with Crippen LogP contribution in [0.2, 0.25) is 5.02 Å².